The van der Waals surface area contributed by atoms with Gasteiger partial charge in [0.05, 0.1) is 0 Å². The van der Waals surface area contributed by atoms with Crippen molar-refractivity contribution in [2.75, 3.05) is 0 Å². The first-order valence-electron chi connectivity index (χ1n) is 6.81. The second kappa shape index (κ2) is 8.09. The van der Waals surface area contributed by atoms with Gasteiger partial charge in [-0.05, 0) is 44.4 Å². The van der Waals surface area contributed by atoms with Crippen molar-refractivity contribution in [1.29, 1.82) is 0 Å². The van der Waals surface area contributed by atoms with Crippen LogP contribution < -0.4 is 10.1 Å². The predicted molar refractivity (Wildman–Crippen MR) is 80.3 cm³/mol. The number of amides is 1. The van der Waals surface area contributed by atoms with Gasteiger partial charge < -0.3 is 15.2 Å². The number of aryl methyl sites for hydroxylation is 1. The summed E-state index contributed by atoms with van der Waals surface area (Å²) in [5.74, 6) is -0.934. The summed E-state index contributed by atoms with van der Waals surface area (Å²) in [5, 5.41) is 11.5. The number of aliphatic carboxylic acids is 1. The van der Waals surface area contributed by atoms with Crippen molar-refractivity contribution in [2.24, 2.45) is 0 Å². The van der Waals surface area contributed by atoms with Gasteiger partial charge in [-0.15, -0.1) is 6.58 Å². The van der Waals surface area contributed by atoms with E-state index in [2.05, 4.69) is 11.9 Å². The Balaban J connectivity index is 2.60. The Morgan fingerprint density at radius 3 is 2.76 bits per heavy atom. The normalized spacial score (nSPS) is 13.0. The van der Waals surface area contributed by atoms with Gasteiger partial charge in [0.2, 0.25) is 0 Å². The molecule has 1 aromatic rings. The van der Waals surface area contributed by atoms with Crippen molar-refractivity contribution in [3.63, 3.8) is 0 Å². The molecule has 0 aromatic heterocycles. The van der Waals surface area contributed by atoms with E-state index in [-0.39, 0.29) is 0 Å². The number of nitrogens with one attached hydrogen (secondary N) is 1. The molecule has 0 aliphatic rings. The van der Waals surface area contributed by atoms with Crippen molar-refractivity contribution in [2.45, 2.75) is 38.8 Å². The number of allylic oxidation sites excluding steroid dienone is 1. The van der Waals surface area contributed by atoms with Gasteiger partial charge in [0, 0.05) is 0 Å². The fourth-order valence-electron chi connectivity index (χ4n) is 1.78. The number of hydrogen-bond donors (Lipinski definition) is 2. The van der Waals surface area contributed by atoms with Crippen molar-refractivity contribution in [3.8, 4) is 5.75 Å². The summed E-state index contributed by atoms with van der Waals surface area (Å²) in [6.45, 7) is 7.05. The molecule has 0 fully saturated rings. The third-order valence-corrected chi connectivity index (χ3v) is 2.95. The molecule has 21 heavy (non-hydrogen) atoms. The molecule has 1 rings (SSSR count). The lowest BCUT2D eigenvalue weighted by Crippen LogP contribution is -2.46. The monoisotopic (exact) mass is 291 g/mol. The van der Waals surface area contributed by atoms with Crippen LogP contribution in [0.25, 0.3) is 0 Å². The van der Waals surface area contributed by atoms with Crippen molar-refractivity contribution in [3.05, 3.63) is 42.5 Å². The van der Waals surface area contributed by atoms with Crippen LogP contribution >= 0.6 is 0 Å². The highest BCUT2D eigenvalue weighted by Gasteiger charge is 2.23. The summed E-state index contributed by atoms with van der Waals surface area (Å²) < 4.78 is 5.52. The molecule has 5 heteroatoms. The first-order valence-corrected chi connectivity index (χ1v) is 6.81. The van der Waals surface area contributed by atoms with Gasteiger partial charge in [0.25, 0.3) is 5.91 Å². The van der Waals surface area contributed by atoms with Crippen LogP contribution in [0.3, 0.4) is 0 Å². The van der Waals surface area contributed by atoms with E-state index in [1.807, 2.05) is 25.1 Å². The van der Waals surface area contributed by atoms with Crippen molar-refractivity contribution >= 4 is 11.9 Å². The van der Waals surface area contributed by atoms with Crippen molar-refractivity contribution < 1.29 is 19.4 Å². The Labute approximate surface area is 124 Å². The van der Waals surface area contributed by atoms with Crippen LogP contribution in [0.15, 0.2) is 36.9 Å². The van der Waals surface area contributed by atoms with E-state index in [0.717, 1.165) is 5.56 Å². The standard InChI is InChI=1S/C16H21NO4/c1-4-5-9-14(16(19)20)17-15(18)12(3)21-13-8-6-7-11(2)10-13/h4,6-8,10,12,14H,1,5,9H2,2-3H3,(H,17,18)(H,19,20). The highest BCUT2D eigenvalue weighted by atomic mass is 16.5. The summed E-state index contributed by atoms with van der Waals surface area (Å²) in [7, 11) is 0. The summed E-state index contributed by atoms with van der Waals surface area (Å²) in [5.41, 5.74) is 1.02. The van der Waals surface area contributed by atoms with Gasteiger partial charge >= 0.3 is 5.97 Å². The summed E-state index contributed by atoms with van der Waals surface area (Å²) in [4.78, 5) is 23.1. The fraction of sp³-hybridized carbons (Fsp3) is 0.375. The van der Waals surface area contributed by atoms with E-state index < -0.39 is 24.0 Å². The molecule has 5 nitrogen and oxygen atoms in total. The number of carbonyl (C=O) groups excluding carboxylic acids is 1. The Bertz CT molecular complexity index is 513. The highest BCUT2D eigenvalue weighted by Crippen LogP contribution is 2.14. The Kier molecular flexibility index (Phi) is 6.46. The number of hydrogen-bond acceptors (Lipinski definition) is 3. The molecule has 0 spiro atoms. The smallest absolute Gasteiger partial charge is 0.326 e. The van der Waals surface area contributed by atoms with Crippen molar-refractivity contribution in [1.82, 2.24) is 5.32 Å². The Morgan fingerprint density at radius 2 is 2.19 bits per heavy atom. The van der Waals surface area contributed by atoms with Gasteiger partial charge in [-0.3, -0.25) is 4.79 Å². The topological polar surface area (TPSA) is 75.6 Å². The van der Waals surface area contributed by atoms with Crippen LogP contribution in [0.4, 0.5) is 0 Å². The first-order chi connectivity index (χ1) is 9.93. The average molecular weight is 291 g/mol. The maximum absolute atomic E-state index is 12.0. The van der Waals surface area contributed by atoms with Crippen LogP contribution in [0.5, 0.6) is 5.75 Å². The number of rotatable bonds is 8. The van der Waals surface area contributed by atoms with Crippen LogP contribution in [0.2, 0.25) is 0 Å². The first kappa shape index (κ1) is 16.8. The van der Waals surface area contributed by atoms with Gasteiger partial charge in [0.1, 0.15) is 11.8 Å². The zero-order chi connectivity index (χ0) is 15.8. The van der Waals surface area contributed by atoms with Gasteiger partial charge in [-0.1, -0.05) is 18.2 Å². The Hall–Kier alpha value is -2.30. The van der Waals surface area contributed by atoms with E-state index >= 15 is 0 Å². The van der Waals surface area contributed by atoms with E-state index in [1.54, 1.807) is 19.1 Å². The number of carboxylic acid groups (broad SMARTS) is 1. The van der Waals surface area contributed by atoms with Gasteiger partial charge in [-0.2, -0.15) is 0 Å². The molecule has 1 amide bonds. The largest absolute Gasteiger partial charge is 0.481 e. The second-order valence-electron chi connectivity index (χ2n) is 4.84. The molecule has 0 aliphatic heterocycles. The van der Waals surface area contributed by atoms with Crippen LogP contribution in [0, 0.1) is 6.92 Å². The molecule has 2 atom stereocenters. The number of benzene rings is 1. The summed E-state index contributed by atoms with van der Waals surface area (Å²) >= 11 is 0. The molecule has 114 valence electrons. The number of ether oxygens (including phenoxy) is 1. The maximum Gasteiger partial charge on any atom is 0.326 e. The quantitative estimate of drug-likeness (QED) is 0.721. The van der Waals surface area contributed by atoms with Gasteiger partial charge in [-0.25, -0.2) is 4.79 Å². The summed E-state index contributed by atoms with van der Waals surface area (Å²) in [6.07, 6.45) is 1.68. The fourth-order valence-corrected chi connectivity index (χ4v) is 1.78. The third-order valence-electron chi connectivity index (χ3n) is 2.95. The summed E-state index contributed by atoms with van der Waals surface area (Å²) in [6, 6.07) is 6.39. The third kappa shape index (κ3) is 5.69. The Morgan fingerprint density at radius 1 is 1.48 bits per heavy atom. The minimum absolute atomic E-state index is 0.307. The zero-order valence-electron chi connectivity index (χ0n) is 12.3. The maximum atomic E-state index is 12.0. The molecule has 0 heterocycles. The molecule has 0 radical (unpaired) electrons. The molecule has 0 saturated heterocycles. The number of carboxylic acids is 1. The van der Waals surface area contributed by atoms with Crippen LogP contribution in [-0.2, 0) is 9.59 Å². The molecule has 0 bridgehead atoms. The highest BCUT2D eigenvalue weighted by molar-refractivity contribution is 5.86. The van der Waals surface area contributed by atoms with E-state index in [9.17, 15) is 9.59 Å². The molecule has 0 aliphatic carbocycles. The molecule has 2 unspecified atom stereocenters. The van der Waals surface area contributed by atoms with E-state index in [1.165, 1.54) is 0 Å². The molecule has 1 aromatic carbocycles. The minimum atomic E-state index is -1.06. The molecular formula is C16H21NO4. The lowest BCUT2D eigenvalue weighted by atomic mass is 10.1. The zero-order valence-corrected chi connectivity index (χ0v) is 12.3. The SMILES string of the molecule is C=CCCC(NC(=O)C(C)Oc1cccc(C)c1)C(=O)O. The lowest BCUT2D eigenvalue weighted by Gasteiger charge is -2.18. The predicted octanol–water partition coefficient (Wildman–Crippen LogP) is 2.30. The van der Waals surface area contributed by atoms with E-state index in [4.69, 9.17) is 9.84 Å². The average Bonchev–Trinajstić information content (AvgIpc) is 2.42. The minimum Gasteiger partial charge on any atom is -0.481 e. The van der Waals surface area contributed by atoms with Crippen LogP contribution in [0.1, 0.15) is 25.3 Å². The molecule has 2 N–H and O–H groups in total. The molecular weight excluding hydrogens is 270 g/mol. The second-order valence-corrected chi connectivity index (χ2v) is 4.84. The van der Waals surface area contributed by atoms with Crippen LogP contribution in [-0.4, -0.2) is 29.1 Å². The van der Waals surface area contributed by atoms with E-state index in [0.29, 0.717) is 18.6 Å². The number of carbonyl (C=O) groups is 2. The van der Waals surface area contributed by atoms with Gasteiger partial charge in [0.15, 0.2) is 6.10 Å². The molecule has 0 saturated carbocycles. The lowest BCUT2D eigenvalue weighted by molar-refractivity contribution is -0.143.